The maximum Gasteiger partial charge on any atom is 0.221 e. The van der Waals surface area contributed by atoms with Crippen molar-refractivity contribution in [1.82, 2.24) is 19.7 Å². The van der Waals surface area contributed by atoms with E-state index in [1.54, 1.807) is 10.7 Å². The molecule has 6 nitrogen and oxygen atoms in total. The molecule has 0 radical (unpaired) electrons. The lowest BCUT2D eigenvalue weighted by Gasteiger charge is -2.10. The topological polar surface area (TPSA) is 68.9 Å². The Bertz CT molecular complexity index is 1180. The third-order valence-electron chi connectivity index (χ3n) is 4.89. The summed E-state index contributed by atoms with van der Waals surface area (Å²) in [6.07, 6.45) is 4.58. The molecule has 142 valence electrons. The predicted molar refractivity (Wildman–Crippen MR) is 110 cm³/mol. The van der Waals surface area contributed by atoms with Crippen LogP contribution in [0.2, 0.25) is 0 Å². The van der Waals surface area contributed by atoms with Gasteiger partial charge in [-0.25, -0.2) is 0 Å². The number of nitrogens with zero attached hydrogens (tertiary/aromatic N) is 3. The van der Waals surface area contributed by atoms with E-state index in [4.69, 9.17) is 0 Å². The molecule has 0 atom stereocenters. The summed E-state index contributed by atoms with van der Waals surface area (Å²) < 4.78 is 3.92. The van der Waals surface area contributed by atoms with Gasteiger partial charge < -0.3 is 9.88 Å². The van der Waals surface area contributed by atoms with Gasteiger partial charge in [0.15, 0.2) is 0 Å². The average molecular weight is 374 g/mol. The monoisotopic (exact) mass is 374 g/mol. The highest BCUT2D eigenvalue weighted by atomic mass is 16.1. The Morgan fingerprint density at radius 3 is 2.64 bits per heavy atom. The number of rotatable bonds is 7. The van der Waals surface area contributed by atoms with Crippen molar-refractivity contribution in [3.05, 3.63) is 77.2 Å². The minimum absolute atomic E-state index is 0.0121. The Morgan fingerprint density at radius 1 is 0.964 bits per heavy atom. The van der Waals surface area contributed by atoms with Crippen LogP contribution < -0.4 is 10.7 Å². The SMILES string of the molecule is O=C(CCn1ncc(=O)c2ccccc21)NCCCn1ccc2ccccc21. The van der Waals surface area contributed by atoms with Gasteiger partial charge in [-0.1, -0.05) is 30.3 Å². The average Bonchev–Trinajstić information content (AvgIpc) is 3.14. The number of hydrogen-bond acceptors (Lipinski definition) is 3. The van der Waals surface area contributed by atoms with Crippen LogP contribution in [-0.2, 0) is 17.9 Å². The van der Waals surface area contributed by atoms with Crippen molar-refractivity contribution in [3.63, 3.8) is 0 Å². The van der Waals surface area contributed by atoms with Crippen LogP contribution in [0.3, 0.4) is 0 Å². The van der Waals surface area contributed by atoms with Gasteiger partial charge in [0.2, 0.25) is 11.3 Å². The quantitative estimate of drug-likeness (QED) is 0.506. The van der Waals surface area contributed by atoms with Gasteiger partial charge in [0, 0.05) is 36.6 Å². The van der Waals surface area contributed by atoms with Crippen molar-refractivity contribution in [3.8, 4) is 0 Å². The third kappa shape index (κ3) is 3.81. The number of hydrogen-bond donors (Lipinski definition) is 1. The predicted octanol–water partition coefficient (Wildman–Crippen LogP) is 2.95. The van der Waals surface area contributed by atoms with Crippen molar-refractivity contribution in [1.29, 1.82) is 0 Å². The number of amides is 1. The number of para-hydroxylation sites is 2. The molecule has 0 spiro atoms. The summed E-state index contributed by atoms with van der Waals surface area (Å²) in [6.45, 7) is 1.93. The van der Waals surface area contributed by atoms with E-state index in [1.165, 1.54) is 17.1 Å². The molecule has 4 aromatic rings. The van der Waals surface area contributed by atoms with E-state index in [2.05, 4.69) is 39.4 Å². The van der Waals surface area contributed by atoms with Gasteiger partial charge in [-0.15, -0.1) is 0 Å². The van der Waals surface area contributed by atoms with E-state index < -0.39 is 0 Å². The van der Waals surface area contributed by atoms with Crippen LogP contribution in [0, 0.1) is 0 Å². The molecule has 4 rings (SSSR count). The van der Waals surface area contributed by atoms with Crippen molar-refractivity contribution >= 4 is 27.7 Å². The lowest BCUT2D eigenvalue weighted by Crippen LogP contribution is -2.26. The molecule has 0 aliphatic carbocycles. The Balaban J connectivity index is 1.27. The molecule has 1 amide bonds. The van der Waals surface area contributed by atoms with Gasteiger partial charge in [0.05, 0.1) is 18.3 Å². The molecule has 6 heteroatoms. The maximum atomic E-state index is 12.2. The zero-order valence-electron chi connectivity index (χ0n) is 15.5. The molecule has 0 saturated carbocycles. The highest BCUT2D eigenvalue weighted by Gasteiger charge is 2.06. The Morgan fingerprint density at radius 2 is 1.75 bits per heavy atom. The molecule has 2 heterocycles. The Labute approximate surface area is 162 Å². The number of aryl methyl sites for hydroxylation is 2. The number of carbonyl (C=O) groups excluding carboxylic acids is 1. The first-order chi connectivity index (χ1) is 13.7. The molecule has 28 heavy (non-hydrogen) atoms. The number of fused-ring (bicyclic) bond motifs is 2. The van der Waals surface area contributed by atoms with Crippen molar-refractivity contribution in [2.75, 3.05) is 6.54 Å². The van der Waals surface area contributed by atoms with E-state index in [-0.39, 0.29) is 11.3 Å². The normalized spacial score (nSPS) is 11.1. The molecule has 0 bridgehead atoms. The summed E-state index contributed by atoms with van der Waals surface area (Å²) in [4.78, 5) is 24.0. The first-order valence-corrected chi connectivity index (χ1v) is 9.48. The molecule has 0 saturated heterocycles. The first-order valence-electron chi connectivity index (χ1n) is 9.48. The van der Waals surface area contributed by atoms with Crippen LogP contribution in [0.25, 0.3) is 21.8 Å². The van der Waals surface area contributed by atoms with Crippen LogP contribution in [-0.4, -0.2) is 26.8 Å². The zero-order chi connectivity index (χ0) is 19.3. The molecule has 1 N–H and O–H groups in total. The van der Waals surface area contributed by atoms with Crippen molar-refractivity contribution in [2.24, 2.45) is 0 Å². The van der Waals surface area contributed by atoms with Crippen molar-refractivity contribution < 1.29 is 4.79 Å². The largest absolute Gasteiger partial charge is 0.356 e. The van der Waals surface area contributed by atoms with Gasteiger partial charge in [-0.05, 0) is 36.1 Å². The minimum atomic E-state index is -0.103. The molecular weight excluding hydrogens is 352 g/mol. The fraction of sp³-hybridized carbons (Fsp3) is 0.227. The highest BCUT2D eigenvalue weighted by Crippen LogP contribution is 2.15. The van der Waals surface area contributed by atoms with Gasteiger partial charge in [-0.2, -0.15) is 5.10 Å². The number of aromatic nitrogens is 3. The Hall–Kier alpha value is -3.41. The van der Waals surface area contributed by atoms with Gasteiger partial charge in [-0.3, -0.25) is 14.3 Å². The summed E-state index contributed by atoms with van der Waals surface area (Å²) in [6, 6.07) is 17.7. The fourth-order valence-corrected chi connectivity index (χ4v) is 3.45. The molecule has 0 aliphatic heterocycles. The van der Waals surface area contributed by atoms with Crippen molar-refractivity contribution in [2.45, 2.75) is 25.9 Å². The summed E-state index contributed by atoms with van der Waals surface area (Å²) in [5, 5.41) is 8.98. The Kier molecular flexibility index (Phi) is 5.19. The molecule has 0 fully saturated rings. The fourth-order valence-electron chi connectivity index (χ4n) is 3.45. The summed E-state index contributed by atoms with van der Waals surface area (Å²) >= 11 is 0. The van der Waals surface area contributed by atoms with E-state index >= 15 is 0 Å². The molecular formula is C22H22N4O2. The molecule has 0 unspecified atom stereocenters. The van der Waals surface area contributed by atoms with E-state index in [1.807, 2.05) is 30.3 Å². The third-order valence-corrected chi connectivity index (χ3v) is 4.89. The smallest absolute Gasteiger partial charge is 0.221 e. The summed E-state index contributed by atoms with van der Waals surface area (Å²) in [5.41, 5.74) is 1.86. The van der Waals surface area contributed by atoms with Crippen LogP contribution in [0.1, 0.15) is 12.8 Å². The van der Waals surface area contributed by atoms with Crippen LogP contribution >= 0.6 is 0 Å². The summed E-state index contributed by atoms with van der Waals surface area (Å²) in [7, 11) is 0. The van der Waals surface area contributed by atoms with Gasteiger partial charge in [0.1, 0.15) is 0 Å². The zero-order valence-corrected chi connectivity index (χ0v) is 15.5. The van der Waals surface area contributed by atoms with Crippen LogP contribution in [0.5, 0.6) is 0 Å². The van der Waals surface area contributed by atoms with Gasteiger partial charge >= 0.3 is 0 Å². The first kappa shape index (κ1) is 18.0. The molecule has 2 aromatic heterocycles. The standard InChI is InChI=1S/C22H22N4O2/c27-21-16-24-26(20-9-4-2-7-18(20)21)15-11-22(28)23-12-5-13-25-14-10-17-6-1-3-8-19(17)25/h1-4,6-10,14,16H,5,11-13,15H2,(H,23,28). The molecule has 0 aliphatic rings. The summed E-state index contributed by atoms with van der Waals surface area (Å²) in [5.74, 6) is -0.0121. The number of nitrogens with one attached hydrogen (secondary N) is 1. The number of benzene rings is 2. The van der Waals surface area contributed by atoms with Crippen LogP contribution in [0.15, 0.2) is 71.8 Å². The molecule has 2 aromatic carbocycles. The van der Waals surface area contributed by atoms with E-state index in [0.29, 0.717) is 24.9 Å². The minimum Gasteiger partial charge on any atom is -0.356 e. The second-order valence-corrected chi connectivity index (χ2v) is 6.77. The van der Waals surface area contributed by atoms with E-state index in [0.717, 1.165) is 18.5 Å². The van der Waals surface area contributed by atoms with Crippen LogP contribution in [0.4, 0.5) is 0 Å². The number of carbonyl (C=O) groups is 1. The lowest BCUT2D eigenvalue weighted by atomic mass is 10.2. The van der Waals surface area contributed by atoms with Gasteiger partial charge in [0.25, 0.3) is 0 Å². The second-order valence-electron chi connectivity index (χ2n) is 6.77. The van der Waals surface area contributed by atoms with E-state index in [9.17, 15) is 9.59 Å². The maximum absolute atomic E-state index is 12.2. The lowest BCUT2D eigenvalue weighted by molar-refractivity contribution is -0.121. The highest BCUT2D eigenvalue weighted by molar-refractivity contribution is 5.80. The second kappa shape index (κ2) is 8.08.